The van der Waals surface area contributed by atoms with Crippen molar-refractivity contribution in [1.29, 1.82) is 0 Å². The lowest BCUT2D eigenvalue weighted by Crippen LogP contribution is -2.40. The van der Waals surface area contributed by atoms with Gasteiger partial charge in [-0.05, 0) is 86.2 Å². The molecule has 1 atom stereocenters. The molecule has 0 fully saturated rings. The van der Waals surface area contributed by atoms with Crippen LogP contribution in [-0.4, -0.2) is 30.4 Å². The summed E-state index contributed by atoms with van der Waals surface area (Å²) in [5, 5.41) is 0. The minimum absolute atomic E-state index is 0.0100. The highest BCUT2D eigenvalue weighted by Crippen LogP contribution is 2.36. The van der Waals surface area contributed by atoms with Crippen LogP contribution in [0, 0.1) is 6.92 Å². The lowest BCUT2D eigenvalue weighted by atomic mass is 9.93. The van der Waals surface area contributed by atoms with Crippen molar-refractivity contribution >= 4 is 29.1 Å². The largest absolute Gasteiger partial charge is 0.496 e. The number of thiazole rings is 1. The Kier molecular flexibility index (Phi) is 9.20. The second kappa shape index (κ2) is 13.1. The number of fused-ring (bicyclic) bond motifs is 1. The minimum Gasteiger partial charge on any atom is -0.496 e. The third kappa shape index (κ3) is 6.13. The summed E-state index contributed by atoms with van der Waals surface area (Å²) < 4.78 is 19.2. The fourth-order valence-corrected chi connectivity index (χ4v) is 6.39. The molecule has 0 unspecified atom stereocenters. The smallest absolute Gasteiger partial charge is 0.338 e. The summed E-state index contributed by atoms with van der Waals surface area (Å²) in [5.41, 5.74) is 5.09. The number of ether oxygens (including phenoxy) is 3. The molecule has 0 N–H and O–H groups in total. The Labute approximate surface area is 261 Å². The van der Waals surface area contributed by atoms with Crippen LogP contribution in [0.4, 0.5) is 0 Å². The van der Waals surface area contributed by atoms with Crippen molar-refractivity contribution < 1.29 is 19.0 Å². The number of hydrogen-bond acceptors (Lipinski definition) is 7. The Bertz CT molecular complexity index is 1880. The Hall–Kier alpha value is -4.43. The number of rotatable bonds is 9. The van der Waals surface area contributed by atoms with Gasteiger partial charge in [-0.1, -0.05) is 67.6 Å². The maximum atomic E-state index is 14.3. The number of nitrogens with zero attached hydrogens (tertiary/aromatic N) is 2. The van der Waals surface area contributed by atoms with Crippen LogP contribution >= 0.6 is 11.3 Å². The molecule has 0 saturated heterocycles. The van der Waals surface area contributed by atoms with Crippen LogP contribution in [0.5, 0.6) is 11.5 Å². The van der Waals surface area contributed by atoms with Crippen LogP contribution in [0.15, 0.2) is 82.1 Å². The Morgan fingerprint density at radius 1 is 1.05 bits per heavy atom. The molecule has 1 aliphatic rings. The van der Waals surface area contributed by atoms with E-state index >= 15 is 0 Å². The molecule has 4 aromatic rings. The highest BCUT2D eigenvalue weighted by atomic mass is 32.1. The average molecular weight is 611 g/mol. The maximum Gasteiger partial charge on any atom is 0.338 e. The van der Waals surface area contributed by atoms with Gasteiger partial charge in [0.05, 0.1) is 41.7 Å². The van der Waals surface area contributed by atoms with Crippen molar-refractivity contribution in [1.82, 2.24) is 4.57 Å². The van der Waals surface area contributed by atoms with E-state index in [1.165, 1.54) is 11.3 Å². The van der Waals surface area contributed by atoms with E-state index in [1.54, 1.807) is 18.6 Å². The summed E-state index contributed by atoms with van der Waals surface area (Å²) in [6.45, 7) is 12.1. The summed E-state index contributed by atoms with van der Waals surface area (Å²) in [6.07, 6.45) is 1.92. The van der Waals surface area contributed by atoms with Crippen LogP contribution in [0.1, 0.15) is 74.4 Å². The number of benzene rings is 3. The Balaban J connectivity index is 1.79. The fourth-order valence-electron chi connectivity index (χ4n) is 5.40. The first kappa shape index (κ1) is 31.0. The first-order valence-electron chi connectivity index (χ1n) is 14.9. The second-order valence-corrected chi connectivity index (χ2v) is 12.3. The first-order chi connectivity index (χ1) is 21.1. The van der Waals surface area contributed by atoms with Crippen LogP contribution in [0.25, 0.3) is 11.8 Å². The molecule has 1 aliphatic heterocycles. The molecule has 7 nitrogen and oxygen atoms in total. The molecule has 8 heteroatoms. The van der Waals surface area contributed by atoms with Gasteiger partial charge in [0.15, 0.2) is 4.80 Å². The highest BCUT2D eigenvalue weighted by molar-refractivity contribution is 7.07. The van der Waals surface area contributed by atoms with E-state index in [-0.39, 0.29) is 24.2 Å². The highest BCUT2D eigenvalue weighted by Gasteiger charge is 2.35. The number of methoxy groups -OCH3 is 1. The number of esters is 1. The number of carbonyl (C=O) groups excluding carboxylic acids is 1. The number of hydrogen-bond donors (Lipinski definition) is 0. The topological polar surface area (TPSA) is 79.1 Å². The second-order valence-electron chi connectivity index (χ2n) is 11.3. The zero-order valence-electron chi connectivity index (χ0n) is 26.2. The summed E-state index contributed by atoms with van der Waals surface area (Å²) in [7, 11) is 1.67. The molecule has 1 aromatic heterocycles. The normalized spacial score (nSPS) is 14.9. The Morgan fingerprint density at radius 2 is 1.75 bits per heavy atom. The molecule has 3 aromatic carbocycles. The van der Waals surface area contributed by atoms with Gasteiger partial charge in [-0.2, -0.15) is 0 Å². The van der Waals surface area contributed by atoms with Gasteiger partial charge in [0, 0.05) is 5.56 Å². The van der Waals surface area contributed by atoms with Gasteiger partial charge in [-0.3, -0.25) is 9.36 Å². The fraction of sp³-hybridized carbons (Fsp3) is 0.306. The van der Waals surface area contributed by atoms with Gasteiger partial charge in [-0.25, -0.2) is 9.79 Å². The molecule has 0 spiro atoms. The monoisotopic (exact) mass is 610 g/mol. The zero-order valence-corrected chi connectivity index (χ0v) is 27.0. The molecule has 0 aliphatic carbocycles. The molecule has 0 saturated carbocycles. The third-order valence-electron chi connectivity index (χ3n) is 7.47. The van der Waals surface area contributed by atoms with Crippen LogP contribution in [0.2, 0.25) is 0 Å². The molecule has 0 bridgehead atoms. The quantitative estimate of drug-likeness (QED) is 0.212. The van der Waals surface area contributed by atoms with Gasteiger partial charge in [0.1, 0.15) is 11.5 Å². The molecule has 0 amide bonds. The van der Waals surface area contributed by atoms with Gasteiger partial charge < -0.3 is 14.2 Å². The average Bonchev–Trinajstić information content (AvgIpc) is 3.31. The van der Waals surface area contributed by atoms with Gasteiger partial charge in [-0.15, -0.1) is 0 Å². The van der Waals surface area contributed by atoms with Crippen molar-refractivity contribution in [2.45, 2.75) is 59.6 Å². The standard InChI is InChI=1S/C36H38N2O5S/c1-8-42-35(40)31-32(24-12-10-9-11-13-24)37-36-38(33(31)25-14-16-27(17-15-25)43-22(4)5)34(39)30(44-36)20-26-19-28(21(2)3)29(41-7)18-23(26)6/h9-22,33H,8H2,1-7H3/b30-20-/t33-/m0/s1. The van der Waals surface area contributed by atoms with Crippen molar-refractivity contribution in [3.8, 4) is 11.5 Å². The summed E-state index contributed by atoms with van der Waals surface area (Å²) in [5.74, 6) is 1.26. The number of aromatic nitrogens is 1. The first-order valence-corrected chi connectivity index (χ1v) is 15.7. The van der Waals surface area contributed by atoms with E-state index < -0.39 is 12.0 Å². The van der Waals surface area contributed by atoms with Crippen molar-refractivity contribution in [2.75, 3.05) is 13.7 Å². The lowest BCUT2D eigenvalue weighted by molar-refractivity contribution is -0.138. The summed E-state index contributed by atoms with van der Waals surface area (Å²) >= 11 is 1.31. The third-order valence-corrected chi connectivity index (χ3v) is 8.45. The molecule has 228 valence electrons. The van der Waals surface area contributed by atoms with Gasteiger partial charge in [0.2, 0.25) is 0 Å². The van der Waals surface area contributed by atoms with E-state index in [2.05, 4.69) is 19.9 Å². The van der Waals surface area contributed by atoms with Gasteiger partial charge >= 0.3 is 5.97 Å². The maximum absolute atomic E-state index is 14.3. The van der Waals surface area contributed by atoms with E-state index in [9.17, 15) is 9.59 Å². The molecular weight excluding hydrogens is 572 g/mol. The Morgan fingerprint density at radius 3 is 2.36 bits per heavy atom. The van der Waals surface area contributed by atoms with E-state index in [1.807, 2.05) is 87.5 Å². The SMILES string of the molecule is CCOC(=O)C1=C(c2ccccc2)N=c2s/c(=C\c3cc(C(C)C)c(OC)cc3C)c(=O)n2[C@H]1c1ccc(OC(C)C)cc1. The van der Waals surface area contributed by atoms with Crippen LogP contribution in [-0.2, 0) is 9.53 Å². The van der Waals surface area contributed by atoms with Crippen molar-refractivity contribution in [2.24, 2.45) is 4.99 Å². The van der Waals surface area contributed by atoms with E-state index in [4.69, 9.17) is 19.2 Å². The van der Waals surface area contributed by atoms with Crippen molar-refractivity contribution in [3.63, 3.8) is 0 Å². The number of aryl methyl sites for hydroxylation is 1. The predicted octanol–water partition coefficient (Wildman–Crippen LogP) is 6.16. The molecule has 44 heavy (non-hydrogen) atoms. The molecule has 2 heterocycles. The summed E-state index contributed by atoms with van der Waals surface area (Å²) in [4.78, 5) is 33.5. The van der Waals surface area contributed by atoms with Crippen molar-refractivity contribution in [3.05, 3.63) is 120 Å². The van der Waals surface area contributed by atoms with Crippen LogP contribution in [0.3, 0.4) is 0 Å². The predicted molar refractivity (Wildman–Crippen MR) is 175 cm³/mol. The number of carbonyl (C=O) groups is 1. The minimum atomic E-state index is -0.751. The molecular formula is C36H38N2O5S. The van der Waals surface area contributed by atoms with E-state index in [0.717, 1.165) is 33.6 Å². The van der Waals surface area contributed by atoms with Gasteiger partial charge in [0.25, 0.3) is 5.56 Å². The zero-order chi connectivity index (χ0) is 31.5. The molecule has 5 rings (SSSR count). The van der Waals surface area contributed by atoms with E-state index in [0.29, 0.717) is 26.4 Å². The van der Waals surface area contributed by atoms with Crippen LogP contribution < -0.4 is 24.4 Å². The lowest BCUT2D eigenvalue weighted by Gasteiger charge is -2.26. The summed E-state index contributed by atoms with van der Waals surface area (Å²) in [6, 6.07) is 20.4. The molecule has 0 radical (unpaired) electrons.